The number of hydrogen-bond donors (Lipinski definition) is 1. The van der Waals surface area contributed by atoms with Gasteiger partial charge < -0.3 is 14.6 Å². The van der Waals surface area contributed by atoms with E-state index in [1.807, 2.05) is 0 Å². The molecule has 1 N–H and O–H groups in total. The van der Waals surface area contributed by atoms with E-state index in [1.54, 1.807) is 0 Å². The standard InChI is InChI=1S/C6H10O3.C6H10O2/c1-2-6(8)9-5-3-4-7;7-6-4-2-1-3-5-8-6/h2,7H,1,3-5H2;1-5H2. The molecule has 17 heavy (non-hydrogen) atoms. The van der Waals surface area contributed by atoms with E-state index in [4.69, 9.17) is 9.84 Å². The van der Waals surface area contributed by atoms with Crippen LogP contribution in [0.25, 0.3) is 0 Å². The summed E-state index contributed by atoms with van der Waals surface area (Å²) in [5.74, 6) is -0.467. The third-order valence-corrected chi connectivity index (χ3v) is 2.00. The Morgan fingerprint density at radius 2 is 2.24 bits per heavy atom. The number of esters is 2. The molecule has 1 aliphatic rings. The lowest BCUT2D eigenvalue weighted by Gasteiger charge is -1.96. The van der Waals surface area contributed by atoms with Gasteiger partial charge in [-0.2, -0.15) is 0 Å². The summed E-state index contributed by atoms with van der Waals surface area (Å²) in [6, 6.07) is 0. The average Bonchev–Trinajstić information content (AvgIpc) is 2.58. The highest BCUT2D eigenvalue weighted by atomic mass is 16.5. The highest BCUT2D eigenvalue weighted by Gasteiger charge is 2.05. The Balaban J connectivity index is 0.000000302. The highest BCUT2D eigenvalue weighted by molar-refractivity contribution is 5.81. The predicted molar refractivity (Wildman–Crippen MR) is 62.3 cm³/mol. The zero-order chi connectivity index (χ0) is 12.9. The Kier molecular flexibility index (Phi) is 10.2. The van der Waals surface area contributed by atoms with Gasteiger partial charge in [0, 0.05) is 25.5 Å². The SMILES string of the molecule is C=CC(=O)OCCCO.O=C1CCCCCO1. The summed E-state index contributed by atoms with van der Waals surface area (Å²) in [6.45, 7) is 4.15. The Hall–Kier alpha value is -1.36. The summed E-state index contributed by atoms with van der Waals surface area (Å²) in [4.78, 5) is 20.7. The highest BCUT2D eigenvalue weighted by Crippen LogP contribution is 2.06. The fourth-order valence-corrected chi connectivity index (χ4v) is 1.10. The summed E-state index contributed by atoms with van der Waals surface area (Å²) in [5.41, 5.74) is 0. The number of cyclic esters (lactones) is 1. The summed E-state index contributed by atoms with van der Waals surface area (Å²) >= 11 is 0. The molecule has 1 saturated heterocycles. The second-order valence-electron chi connectivity index (χ2n) is 3.48. The number of aliphatic hydroxyl groups is 1. The van der Waals surface area contributed by atoms with Gasteiger partial charge in [0.05, 0.1) is 13.2 Å². The van der Waals surface area contributed by atoms with Crippen molar-refractivity contribution >= 4 is 11.9 Å². The van der Waals surface area contributed by atoms with E-state index in [2.05, 4.69) is 11.3 Å². The van der Waals surface area contributed by atoms with Crippen molar-refractivity contribution in [3.8, 4) is 0 Å². The van der Waals surface area contributed by atoms with Gasteiger partial charge in [0.15, 0.2) is 0 Å². The van der Waals surface area contributed by atoms with Crippen molar-refractivity contribution in [3.63, 3.8) is 0 Å². The Bertz CT molecular complexity index is 227. The first kappa shape index (κ1) is 15.6. The van der Waals surface area contributed by atoms with Gasteiger partial charge in [0.1, 0.15) is 0 Å². The molecular weight excluding hydrogens is 224 g/mol. The molecule has 0 aliphatic carbocycles. The van der Waals surface area contributed by atoms with Crippen molar-refractivity contribution in [1.29, 1.82) is 0 Å². The molecule has 0 saturated carbocycles. The molecule has 0 aromatic carbocycles. The van der Waals surface area contributed by atoms with Crippen LogP contribution in [0.3, 0.4) is 0 Å². The molecule has 5 nitrogen and oxygen atoms in total. The molecule has 1 aliphatic heterocycles. The summed E-state index contributed by atoms with van der Waals surface area (Å²) in [6.07, 6.45) is 5.41. The maximum absolute atomic E-state index is 10.5. The smallest absolute Gasteiger partial charge is 0.330 e. The van der Waals surface area contributed by atoms with E-state index in [0.29, 0.717) is 19.4 Å². The lowest BCUT2D eigenvalue weighted by Crippen LogP contribution is -2.02. The van der Waals surface area contributed by atoms with Gasteiger partial charge in [0.2, 0.25) is 0 Å². The number of ether oxygens (including phenoxy) is 2. The van der Waals surface area contributed by atoms with Crippen LogP contribution >= 0.6 is 0 Å². The third-order valence-electron chi connectivity index (χ3n) is 2.00. The first-order valence-corrected chi connectivity index (χ1v) is 5.76. The number of hydrogen-bond acceptors (Lipinski definition) is 5. The third kappa shape index (κ3) is 10.9. The van der Waals surface area contributed by atoms with E-state index in [-0.39, 0.29) is 19.2 Å². The van der Waals surface area contributed by atoms with Gasteiger partial charge >= 0.3 is 11.9 Å². The van der Waals surface area contributed by atoms with Crippen LogP contribution < -0.4 is 0 Å². The second kappa shape index (κ2) is 11.1. The number of carbonyl (C=O) groups excluding carboxylic acids is 2. The van der Waals surface area contributed by atoms with Crippen LogP contribution in [0.1, 0.15) is 32.1 Å². The summed E-state index contributed by atoms with van der Waals surface area (Å²) in [5, 5.41) is 8.23. The summed E-state index contributed by atoms with van der Waals surface area (Å²) in [7, 11) is 0. The van der Waals surface area contributed by atoms with Gasteiger partial charge in [-0.05, 0) is 19.3 Å². The van der Waals surface area contributed by atoms with Crippen molar-refractivity contribution in [2.24, 2.45) is 0 Å². The van der Waals surface area contributed by atoms with Crippen LogP contribution in [-0.4, -0.2) is 36.9 Å². The van der Waals surface area contributed by atoms with Gasteiger partial charge in [-0.3, -0.25) is 4.79 Å². The van der Waals surface area contributed by atoms with Gasteiger partial charge in [-0.15, -0.1) is 0 Å². The molecule has 5 heteroatoms. The van der Waals surface area contributed by atoms with Gasteiger partial charge in [-0.25, -0.2) is 4.79 Å². The molecule has 1 fully saturated rings. The number of aliphatic hydroxyl groups excluding tert-OH is 1. The average molecular weight is 244 g/mol. The second-order valence-corrected chi connectivity index (χ2v) is 3.48. The summed E-state index contributed by atoms with van der Waals surface area (Å²) < 4.78 is 9.28. The van der Waals surface area contributed by atoms with Crippen molar-refractivity contribution in [1.82, 2.24) is 0 Å². The van der Waals surface area contributed by atoms with Crippen LogP contribution in [0.4, 0.5) is 0 Å². The number of carbonyl (C=O) groups is 2. The largest absolute Gasteiger partial charge is 0.466 e. The molecule has 1 rings (SSSR count). The maximum Gasteiger partial charge on any atom is 0.330 e. The van der Waals surface area contributed by atoms with E-state index in [0.717, 1.165) is 25.3 Å². The quantitative estimate of drug-likeness (QED) is 0.457. The molecule has 0 bridgehead atoms. The topological polar surface area (TPSA) is 72.8 Å². The van der Waals surface area contributed by atoms with Crippen molar-refractivity contribution < 1.29 is 24.2 Å². The van der Waals surface area contributed by atoms with Crippen LogP contribution in [0, 0.1) is 0 Å². The Labute approximate surface area is 101 Å². The lowest BCUT2D eigenvalue weighted by molar-refractivity contribution is -0.142. The molecule has 0 spiro atoms. The van der Waals surface area contributed by atoms with Crippen LogP contribution in [-0.2, 0) is 19.1 Å². The van der Waals surface area contributed by atoms with Crippen molar-refractivity contribution in [2.75, 3.05) is 19.8 Å². The first-order valence-electron chi connectivity index (χ1n) is 5.76. The molecule has 0 aromatic heterocycles. The minimum atomic E-state index is -0.441. The Morgan fingerprint density at radius 3 is 2.88 bits per heavy atom. The maximum atomic E-state index is 10.5. The Morgan fingerprint density at radius 1 is 1.47 bits per heavy atom. The molecule has 0 aromatic rings. The molecule has 0 amide bonds. The molecule has 0 radical (unpaired) electrons. The fourth-order valence-electron chi connectivity index (χ4n) is 1.10. The normalized spacial score (nSPS) is 14.8. The monoisotopic (exact) mass is 244 g/mol. The lowest BCUT2D eigenvalue weighted by atomic mass is 10.2. The molecule has 1 heterocycles. The van der Waals surface area contributed by atoms with E-state index >= 15 is 0 Å². The van der Waals surface area contributed by atoms with Crippen LogP contribution in [0.2, 0.25) is 0 Å². The van der Waals surface area contributed by atoms with Crippen LogP contribution in [0.15, 0.2) is 12.7 Å². The van der Waals surface area contributed by atoms with Crippen molar-refractivity contribution in [2.45, 2.75) is 32.1 Å². The minimum Gasteiger partial charge on any atom is -0.466 e. The minimum absolute atomic E-state index is 0.0255. The molecule has 0 unspecified atom stereocenters. The van der Waals surface area contributed by atoms with Crippen molar-refractivity contribution in [3.05, 3.63) is 12.7 Å². The van der Waals surface area contributed by atoms with Crippen LogP contribution in [0.5, 0.6) is 0 Å². The fraction of sp³-hybridized carbons (Fsp3) is 0.667. The zero-order valence-corrected chi connectivity index (χ0v) is 10.0. The molecule has 98 valence electrons. The molecule has 0 atom stereocenters. The zero-order valence-electron chi connectivity index (χ0n) is 10.0. The van der Waals surface area contributed by atoms with E-state index in [9.17, 15) is 9.59 Å². The van der Waals surface area contributed by atoms with E-state index in [1.165, 1.54) is 0 Å². The van der Waals surface area contributed by atoms with Gasteiger partial charge in [0.25, 0.3) is 0 Å². The van der Waals surface area contributed by atoms with E-state index < -0.39 is 5.97 Å². The molecular formula is C12H20O5. The predicted octanol–water partition coefficient (Wildman–Crippen LogP) is 1.20. The van der Waals surface area contributed by atoms with Gasteiger partial charge in [-0.1, -0.05) is 6.58 Å². The first-order chi connectivity index (χ1) is 8.20. The number of rotatable bonds is 4.